The van der Waals surface area contributed by atoms with E-state index in [-0.39, 0.29) is 19.0 Å². The van der Waals surface area contributed by atoms with Crippen molar-refractivity contribution in [3.63, 3.8) is 0 Å². The number of aromatic nitrogens is 2. The lowest BCUT2D eigenvalue weighted by molar-refractivity contribution is 0.278. The smallest absolute Gasteiger partial charge is 0.123 e. The lowest BCUT2D eigenvalue weighted by Gasteiger charge is -2.14. The van der Waals surface area contributed by atoms with Crippen molar-refractivity contribution in [2.45, 2.75) is 23.1 Å². The van der Waals surface area contributed by atoms with Gasteiger partial charge in [0, 0.05) is 29.4 Å². The fourth-order valence-electron chi connectivity index (χ4n) is 2.44. The Morgan fingerprint density at radius 1 is 1.04 bits per heavy atom. The third-order valence-corrected chi connectivity index (χ3v) is 5.33. The van der Waals surface area contributed by atoms with E-state index in [1.807, 2.05) is 24.3 Å². The molecule has 0 aliphatic rings. The first-order valence-electron chi connectivity index (χ1n) is 7.59. The largest absolute Gasteiger partial charge is 0.392 e. The first-order valence-corrected chi connectivity index (χ1v) is 8.78. The molecular formula is C18H18Cl2N4OS. The molecule has 0 amide bonds. The van der Waals surface area contributed by atoms with E-state index in [9.17, 15) is 5.11 Å². The van der Waals surface area contributed by atoms with Crippen molar-refractivity contribution in [3.05, 3.63) is 64.9 Å². The summed E-state index contributed by atoms with van der Waals surface area (Å²) in [4.78, 5) is 9.18. The summed E-state index contributed by atoms with van der Waals surface area (Å²) in [5, 5.41) is 10.8. The predicted octanol–water partition coefficient (Wildman–Crippen LogP) is 3.90. The summed E-state index contributed by atoms with van der Waals surface area (Å²) < 4.78 is 0. The molecule has 0 aliphatic heterocycles. The minimum absolute atomic E-state index is 0. The fraction of sp³-hybridized carbons (Fsp3) is 0.111. The summed E-state index contributed by atoms with van der Waals surface area (Å²) >= 11 is 7.94. The summed E-state index contributed by atoms with van der Waals surface area (Å²) in [6.45, 7) is 0.248. The predicted molar refractivity (Wildman–Crippen MR) is 109 cm³/mol. The topological polar surface area (TPSA) is 98.0 Å². The number of hydrogen-bond acceptors (Lipinski definition) is 6. The van der Waals surface area contributed by atoms with Gasteiger partial charge >= 0.3 is 0 Å². The molecule has 5 N–H and O–H groups in total. The van der Waals surface area contributed by atoms with Crippen LogP contribution in [0, 0.1) is 0 Å². The molecule has 136 valence electrons. The van der Waals surface area contributed by atoms with Gasteiger partial charge in [0.25, 0.3) is 0 Å². The molecule has 5 nitrogen and oxygen atoms in total. The highest BCUT2D eigenvalue weighted by molar-refractivity contribution is 7.99. The number of halogens is 2. The van der Waals surface area contributed by atoms with E-state index < -0.39 is 0 Å². The van der Waals surface area contributed by atoms with E-state index in [1.54, 1.807) is 24.5 Å². The zero-order valence-electron chi connectivity index (χ0n) is 13.7. The quantitative estimate of drug-likeness (QED) is 0.591. The molecule has 0 saturated heterocycles. The summed E-state index contributed by atoms with van der Waals surface area (Å²) in [6, 6.07) is 11.2. The van der Waals surface area contributed by atoms with E-state index in [0.717, 1.165) is 27.1 Å². The van der Waals surface area contributed by atoms with Crippen molar-refractivity contribution >= 4 is 41.6 Å². The molecule has 0 aliphatic carbocycles. The Bertz CT molecular complexity index is 908. The number of aliphatic hydroxyl groups excluding tert-OH is 1. The van der Waals surface area contributed by atoms with Gasteiger partial charge in [-0.2, -0.15) is 0 Å². The molecule has 0 radical (unpaired) electrons. The van der Waals surface area contributed by atoms with Crippen molar-refractivity contribution in [1.29, 1.82) is 0 Å². The van der Waals surface area contributed by atoms with Gasteiger partial charge in [0.1, 0.15) is 10.8 Å². The highest BCUT2D eigenvalue weighted by Gasteiger charge is 2.14. The average molecular weight is 409 g/mol. The Kier molecular flexibility index (Phi) is 7.25. The molecular weight excluding hydrogens is 391 g/mol. The van der Waals surface area contributed by atoms with Crippen LogP contribution < -0.4 is 11.5 Å². The lowest BCUT2D eigenvalue weighted by Crippen LogP contribution is -2.01. The normalized spacial score (nSPS) is 10.4. The van der Waals surface area contributed by atoms with Crippen LogP contribution in [-0.2, 0) is 13.2 Å². The number of anilines is 1. The Labute approximate surface area is 167 Å². The van der Waals surface area contributed by atoms with Gasteiger partial charge in [0.2, 0.25) is 0 Å². The zero-order chi connectivity index (χ0) is 17.8. The maximum absolute atomic E-state index is 9.48. The van der Waals surface area contributed by atoms with Gasteiger partial charge in [0.15, 0.2) is 0 Å². The molecule has 0 bridgehead atoms. The van der Waals surface area contributed by atoms with Crippen LogP contribution in [0.4, 0.5) is 5.82 Å². The fourth-order valence-corrected chi connectivity index (χ4v) is 3.80. The molecule has 8 heteroatoms. The van der Waals surface area contributed by atoms with Gasteiger partial charge in [0.05, 0.1) is 11.6 Å². The Balaban J connectivity index is 0.00000243. The number of hydrogen-bond donors (Lipinski definition) is 3. The third-order valence-electron chi connectivity index (χ3n) is 3.67. The van der Waals surface area contributed by atoms with Gasteiger partial charge in [-0.25, -0.2) is 9.97 Å². The first-order chi connectivity index (χ1) is 12.1. The van der Waals surface area contributed by atoms with Gasteiger partial charge in [-0.05, 0) is 47.0 Å². The summed E-state index contributed by atoms with van der Waals surface area (Å²) in [7, 11) is 0. The third kappa shape index (κ3) is 4.47. The maximum atomic E-state index is 9.48. The number of pyridine rings is 2. The molecule has 1 aromatic carbocycles. The molecule has 3 rings (SSSR count). The molecule has 0 fully saturated rings. The number of rotatable bonds is 5. The molecule has 0 unspecified atom stereocenters. The maximum Gasteiger partial charge on any atom is 0.123 e. The summed E-state index contributed by atoms with van der Waals surface area (Å²) in [6.07, 6.45) is 3.34. The second-order valence-electron chi connectivity index (χ2n) is 5.35. The summed E-state index contributed by atoms with van der Waals surface area (Å²) in [5.74, 6) is 0.447. The number of nitrogen functional groups attached to an aromatic ring is 1. The lowest BCUT2D eigenvalue weighted by atomic mass is 10.0. The SMILES string of the molecule is Cl.NCc1cc(-c2ccnc(N)c2)cc(Cl)c1Sc1ncccc1CO. The molecule has 3 aromatic rings. The van der Waals surface area contributed by atoms with E-state index >= 15 is 0 Å². The van der Waals surface area contributed by atoms with E-state index in [0.29, 0.717) is 22.4 Å². The van der Waals surface area contributed by atoms with Crippen LogP contribution in [0.25, 0.3) is 11.1 Å². The minimum Gasteiger partial charge on any atom is -0.392 e. The van der Waals surface area contributed by atoms with Crippen LogP contribution in [0.2, 0.25) is 5.02 Å². The Hall–Kier alpha value is -1.83. The standard InChI is InChI=1S/C18H17ClN4OS.ClH/c19-15-7-13(11-3-5-22-16(21)8-11)6-14(9-20)17(15)25-18-12(10-24)2-1-4-23-18;/h1-8,24H,9-10,20H2,(H2,21,22);1H. The van der Waals surface area contributed by atoms with Crippen molar-refractivity contribution in [1.82, 2.24) is 9.97 Å². The van der Waals surface area contributed by atoms with Crippen LogP contribution in [0.3, 0.4) is 0 Å². The van der Waals surface area contributed by atoms with E-state index in [4.69, 9.17) is 23.1 Å². The second-order valence-corrected chi connectivity index (χ2v) is 6.75. The van der Waals surface area contributed by atoms with Crippen LogP contribution in [0.5, 0.6) is 0 Å². The molecule has 2 heterocycles. The Morgan fingerprint density at radius 3 is 2.54 bits per heavy atom. The highest BCUT2D eigenvalue weighted by Crippen LogP contribution is 2.39. The number of benzene rings is 1. The van der Waals surface area contributed by atoms with Gasteiger partial charge < -0.3 is 16.6 Å². The van der Waals surface area contributed by atoms with Crippen LogP contribution in [0.15, 0.2) is 58.7 Å². The number of aliphatic hydroxyl groups is 1. The molecule has 0 saturated carbocycles. The van der Waals surface area contributed by atoms with Crippen molar-refractivity contribution in [2.75, 3.05) is 5.73 Å². The van der Waals surface area contributed by atoms with Gasteiger partial charge in [-0.1, -0.05) is 29.4 Å². The van der Waals surface area contributed by atoms with E-state index in [2.05, 4.69) is 9.97 Å². The van der Waals surface area contributed by atoms with Gasteiger partial charge in [-0.15, -0.1) is 12.4 Å². The molecule has 0 spiro atoms. The first kappa shape index (κ1) is 20.5. The van der Waals surface area contributed by atoms with Crippen molar-refractivity contribution < 1.29 is 5.11 Å². The molecule has 0 atom stereocenters. The number of nitrogens with two attached hydrogens (primary N) is 2. The summed E-state index contributed by atoms with van der Waals surface area (Å²) in [5.41, 5.74) is 15.2. The van der Waals surface area contributed by atoms with E-state index in [1.165, 1.54) is 11.8 Å². The monoisotopic (exact) mass is 408 g/mol. The van der Waals surface area contributed by atoms with Crippen LogP contribution in [0.1, 0.15) is 11.1 Å². The van der Waals surface area contributed by atoms with Crippen molar-refractivity contribution in [2.24, 2.45) is 5.73 Å². The molecule has 2 aromatic heterocycles. The minimum atomic E-state index is -0.0832. The van der Waals surface area contributed by atoms with Crippen LogP contribution in [-0.4, -0.2) is 15.1 Å². The zero-order valence-corrected chi connectivity index (χ0v) is 16.1. The highest BCUT2D eigenvalue weighted by atomic mass is 35.5. The Morgan fingerprint density at radius 2 is 1.85 bits per heavy atom. The van der Waals surface area contributed by atoms with Crippen LogP contribution >= 0.6 is 35.8 Å². The average Bonchev–Trinajstić information content (AvgIpc) is 2.63. The molecule has 26 heavy (non-hydrogen) atoms. The van der Waals surface area contributed by atoms with Crippen molar-refractivity contribution in [3.8, 4) is 11.1 Å². The number of nitrogens with zero attached hydrogens (tertiary/aromatic N) is 2. The second kappa shape index (κ2) is 9.21. The van der Waals surface area contributed by atoms with Gasteiger partial charge in [-0.3, -0.25) is 0 Å².